The van der Waals surface area contributed by atoms with Crippen LogP contribution in [0.2, 0.25) is 0 Å². The Morgan fingerprint density at radius 3 is 2.61 bits per heavy atom. The van der Waals surface area contributed by atoms with Crippen LogP contribution in [0.4, 0.5) is 0 Å². The Morgan fingerprint density at radius 1 is 0.970 bits per heavy atom. The average molecular weight is 442 g/mol. The Morgan fingerprint density at radius 2 is 1.76 bits per heavy atom. The van der Waals surface area contributed by atoms with E-state index in [0.29, 0.717) is 32.7 Å². The van der Waals surface area contributed by atoms with Crippen molar-refractivity contribution in [1.29, 1.82) is 0 Å². The minimum Gasteiger partial charge on any atom is -0.497 e. The lowest BCUT2D eigenvalue weighted by Crippen LogP contribution is -2.24. The molecule has 1 atom stereocenters. The highest BCUT2D eigenvalue weighted by Crippen LogP contribution is 2.31. The second-order valence-corrected chi connectivity index (χ2v) is 8.30. The van der Waals surface area contributed by atoms with Crippen LogP contribution < -0.4 is 9.47 Å². The molecule has 1 aromatic heterocycles. The van der Waals surface area contributed by atoms with Crippen molar-refractivity contribution in [3.63, 3.8) is 0 Å². The Labute approximate surface area is 193 Å². The number of hydrogen-bond acceptors (Lipinski definition) is 4. The molecular formula is C27H27N3O3. The molecule has 1 saturated heterocycles. The molecule has 0 spiro atoms. The number of hydrogen-bond donors (Lipinski definition) is 0. The second kappa shape index (κ2) is 9.36. The third kappa shape index (κ3) is 4.55. The van der Waals surface area contributed by atoms with E-state index in [1.165, 1.54) is 0 Å². The molecule has 5 rings (SSSR count). The molecular weight excluding hydrogens is 414 g/mol. The molecule has 0 bridgehead atoms. The lowest BCUT2D eigenvalue weighted by molar-refractivity contribution is -0.128. The molecule has 3 aromatic carbocycles. The number of para-hydroxylation sites is 2. The first-order valence-electron chi connectivity index (χ1n) is 11.2. The molecule has 168 valence electrons. The molecule has 0 unspecified atom stereocenters. The largest absolute Gasteiger partial charge is 0.497 e. The van der Waals surface area contributed by atoms with E-state index in [1.807, 2.05) is 65.6 Å². The highest BCUT2D eigenvalue weighted by atomic mass is 16.5. The zero-order chi connectivity index (χ0) is 22.6. The van der Waals surface area contributed by atoms with Crippen molar-refractivity contribution in [1.82, 2.24) is 14.5 Å². The number of benzene rings is 3. The van der Waals surface area contributed by atoms with E-state index in [9.17, 15) is 4.79 Å². The maximum atomic E-state index is 12.8. The number of carbonyl (C=O) groups excluding carboxylic acids is 1. The van der Waals surface area contributed by atoms with Crippen LogP contribution in [0.5, 0.6) is 11.5 Å². The van der Waals surface area contributed by atoms with Gasteiger partial charge in [0.05, 0.1) is 24.7 Å². The van der Waals surface area contributed by atoms with Crippen molar-refractivity contribution in [2.45, 2.75) is 25.4 Å². The lowest BCUT2D eigenvalue weighted by atomic mass is 10.1. The van der Waals surface area contributed by atoms with Crippen LogP contribution in [-0.2, 0) is 17.9 Å². The van der Waals surface area contributed by atoms with Gasteiger partial charge in [-0.1, -0.05) is 48.5 Å². The number of methoxy groups -OCH3 is 1. The Kier molecular flexibility index (Phi) is 5.98. The summed E-state index contributed by atoms with van der Waals surface area (Å²) in [5, 5.41) is 0. The van der Waals surface area contributed by atoms with E-state index in [0.717, 1.165) is 33.9 Å². The lowest BCUT2D eigenvalue weighted by Gasteiger charge is -2.17. The first-order valence-corrected chi connectivity index (χ1v) is 11.2. The number of imidazole rings is 1. The summed E-state index contributed by atoms with van der Waals surface area (Å²) in [4.78, 5) is 19.7. The minimum absolute atomic E-state index is 0.0606. The van der Waals surface area contributed by atoms with Gasteiger partial charge in [0, 0.05) is 31.5 Å². The summed E-state index contributed by atoms with van der Waals surface area (Å²) >= 11 is 0. The molecule has 0 N–H and O–H groups in total. The SMILES string of the molecule is COc1cccc(OCCn2c([C@@H]3CC(=O)N(Cc4ccccc4)C3)nc3ccccc32)c1. The Hall–Kier alpha value is -3.80. The summed E-state index contributed by atoms with van der Waals surface area (Å²) in [5.74, 6) is 2.73. The molecule has 1 aliphatic heterocycles. The molecule has 0 aliphatic carbocycles. The molecule has 6 heteroatoms. The number of amides is 1. The molecule has 33 heavy (non-hydrogen) atoms. The van der Waals surface area contributed by atoms with Gasteiger partial charge in [0.2, 0.25) is 5.91 Å². The molecule has 4 aromatic rings. The summed E-state index contributed by atoms with van der Waals surface area (Å²) in [6.45, 7) is 2.45. The van der Waals surface area contributed by atoms with E-state index < -0.39 is 0 Å². The normalized spacial score (nSPS) is 15.8. The van der Waals surface area contributed by atoms with Gasteiger partial charge in [0.25, 0.3) is 0 Å². The van der Waals surface area contributed by atoms with Gasteiger partial charge >= 0.3 is 0 Å². The molecule has 6 nitrogen and oxygen atoms in total. The minimum atomic E-state index is 0.0606. The first-order chi connectivity index (χ1) is 16.2. The third-order valence-electron chi connectivity index (χ3n) is 6.10. The van der Waals surface area contributed by atoms with Gasteiger partial charge in [-0.3, -0.25) is 4.79 Å². The highest BCUT2D eigenvalue weighted by Gasteiger charge is 2.33. The van der Waals surface area contributed by atoms with E-state index in [1.54, 1.807) is 7.11 Å². The molecule has 1 fully saturated rings. The van der Waals surface area contributed by atoms with Crippen molar-refractivity contribution in [3.05, 3.63) is 90.3 Å². The van der Waals surface area contributed by atoms with Gasteiger partial charge in [0.1, 0.15) is 23.9 Å². The van der Waals surface area contributed by atoms with Gasteiger partial charge in [-0.2, -0.15) is 0 Å². The molecule has 0 radical (unpaired) electrons. The number of rotatable bonds is 8. The van der Waals surface area contributed by atoms with Crippen molar-refractivity contribution in [2.24, 2.45) is 0 Å². The van der Waals surface area contributed by atoms with Gasteiger partial charge < -0.3 is 18.9 Å². The van der Waals surface area contributed by atoms with Crippen LogP contribution in [0.1, 0.15) is 23.7 Å². The van der Waals surface area contributed by atoms with E-state index >= 15 is 0 Å². The maximum absolute atomic E-state index is 12.8. The van der Waals surface area contributed by atoms with E-state index in [4.69, 9.17) is 14.5 Å². The van der Waals surface area contributed by atoms with Gasteiger partial charge in [-0.05, 0) is 29.8 Å². The van der Waals surface area contributed by atoms with Gasteiger partial charge in [-0.15, -0.1) is 0 Å². The third-order valence-corrected chi connectivity index (χ3v) is 6.10. The second-order valence-electron chi connectivity index (χ2n) is 8.30. The molecule has 1 amide bonds. The van der Waals surface area contributed by atoms with Crippen LogP contribution in [0, 0.1) is 0 Å². The van der Waals surface area contributed by atoms with Crippen LogP contribution in [-0.4, -0.2) is 40.6 Å². The number of nitrogens with zero attached hydrogens (tertiary/aromatic N) is 3. The molecule has 0 saturated carbocycles. The Bertz CT molecular complexity index is 1250. The van der Waals surface area contributed by atoms with Crippen LogP contribution in [0.3, 0.4) is 0 Å². The van der Waals surface area contributed by atoms with Crippen molar-refractivity contribution >= 4 is 16.9 Å². The summed E-state index contributed by atoms with van der Waals surface area (Å²) in [7, 11) is 1.65. The summed E-state index contributed by atoms with van der Waals surface area (Å²) < 4.78 is 13.5. The van der Waals surface area contributed by atoms with Gasteiger partial charge in [-0.25, -0.2) is 4.98 Å². The monoisotopic (exact) mass is 441 g/mol. The smallest absolute Gasteiger partial charge is 0.223 e. The van der Waals surface area contributed by atoms with Crippen LogP contribution >= 0.6 is 0 Å². The number of aromatic nitrogens is 2. The Balaban J connectivity index is 1.35. The average Bonchev–Trinajstić information content (AvgIpc) is 3.40. The first kappa shape index (κ1) is 21.1. The zero-order valence-corrected chi connectivity index (χ0v) is 18.7. The number of fused-ring (bicyclic) bond motifs is 1. The van der Waals surface area contributed by atoms with Crippen LogP contribution in [0.25, 0.3) is 11.0 Å². The number of ether oxygens (including phenoxy) is 2. The fourth-order valence-corrected chi connectivity index (χ4v) is 4.49. The highest BCUT2D eigenvalue weighted by molar-refractivity contribution is 5.81. The van der Waals surface area contributed by atoms with E-state index in [2.05, 4.69) is 22.8 Å². The topological polar surface area (TPSA) is 56.6 Å². The van der Waals surface area contributed by atoms with Crippen molar-refractivity contribution in [3.8, 4) is 11.5 Å². The fraction of sp³-hybridized carbons (Fsp3) is 0.259. The number of carbonyl (C=O) groups is 1. The summed E-state index contributed by atoms with van der Waals surface area (Å²) in [6, 6.07) is 25.9. The molecule has 1 aliphatic rings. The fourth-order valence-electron chi connectivity index (χ4n) is 4.49. The zero-order valence-electron chi connectivity index (χ0n) is 18.7. The van der Waals surface area contributed by atoms with Gasteiger partial charge in [0.15, 0.2) is 0 Å². The summed E-state index contributed by atoms with van der Waals surface area (Å²) in [5.41, 5.74) is 3.16. The quantitative estimate of drug-likeness (QED) is 0.400. The van der Waals surface area contributed by atoms with Crippen molar-refractivity contribution in [2.75, 3.05) is 20.3 Å². The summed E-state index contributed by atoms with van der Waals surface area (Å²) in [6.07, 6.45) is 0.479. The predicted octanol–water partition coefficient (Wildman–Crippen LogP) is 4.64. The van der Waals surface area contributed by atoms with Crippen molar-refractivity contribution < 1.29 is 14.3 Å². The predicted molar refractivity (Wildman–Crippen MR) is 127 cm³/mol. The van der Waals surface area contributed by atoms with E-state index in [-0.39, 0.29) is 11.8 Å². The molecule has 2 heterocycles. The number of likely N-dealkylation sites (tertiary alicyclic amines) is 1. The standard InChI is InChI=1S/C27H27N3O3/c1-32-22-10-7-11-23(17-22)33-15-14-30-25-13-6-5-12-24(25)28-27(30)21-16-26(31)29(19-21)18-20-8-3-2-4-9-20/h2-13,17,21H,14-16,18-19H2,1H3/t21-/m1/s1. The maximum Gasteiger partial charge on any atom is 0.223 e. The van der Waals surface area contributed by atoms with Crippen LogP contribution in [0.15, 0.2) is 78.9 Å².